The van der Waals surface area contributed by atoms with E-state index in [0.717, 1.165) is 18.5 Å². The number of aliphatic imine (C=N–C) groups is 1. The van der Waals surface area contributed by atoms with Gasteiger partial charge in [-0.1, -0.05) is 19.9 Å². The molecule has 2 heteroatoms. The van der Waals surface area contributed by atoms with Gasteiger partial charge in [-0.05, 0) is 6.42 Å². The molecule has 46 valence electrons. The molecule has 0 saturated carbocycles. The Kier molecular flexibility index (Phi) is 3.94. The number of nitrogens with two attached hydrogens (primary N) is 1. The van der Waals surface area contributed by atoms with Gasteiger partial charge in [0.05, 0.1) is 6.34 Å². The van der Waals surface area contributed by atoms with Gasteiger partial charge in [0.25, 0.3) is 0 Å². The van der Waals surface area contributed by atoms with Crippen LogP contribution in [0.1, 0.15) is 19.8 Å². The number of allylic oxidation sites excluding steroid dienone is 1. The third-order valence-electron chi connectivity index (χ3n) is 0.796. The molecule has 0 aromatic rings. The average molecular weight is 112 g/mol. The van der Waals surface area contributed by atoms with Crippen molar-refractivity contribution in [1.82, 2.24) is 0 Å². The summed E-state index contributed by atoms with van der Waals surface area (Å²) in [5, 5.41) is 0. The van der Waals surface area contributed by atoms with Gasteiger partial charge in [0.1, 0.15) is 0 Å². The lowest BCUT2D eigenvalue weighted by atomic mass is 10.3. The first-order valence-corrected chi connectivity index (χ1v) is 2.73. The van der Waals surface area contributed by atoms with Crippen LogP contribution in [0.5, 0.6) is 0 Å². The minimum atomic E-state index is 0.856. The maximum absolute atomic E-state index is 5.01. The molecule has 0 aromatic carbocycles. The average Bonchev–Trinajstić information content (AvgIpc) is 1.68. The van der Waals surface area contributed by atoms with Crippen LogP contribution in [0.4, 0.5) is 0 Å². The number of hydrogen-bond donors (Lipinski definition) is 1. The standard InChI is InChI=1S/C6H12N2/c1-3-4-6(2)8-5-7/h5H,2-4H2,1H3,(H2,7,8). The van der Waals surface area contributed by atoms with E-state index in [-0.39, 0.29) is 0 Å². The fourth-order valence-electron chi connectivity index (χ4n) is 0.459. The largest absolute Gasteiger partial charge is 0.390 e. The van der Waals surface area contributed by atoms with Crippen LogP contribution in [-0.4, -0.2) is 6.34 Å². The first kappa shape index (κ1) is 7.21. The van der Waals surface area contributed by atoms with Gasteiger partial charge in [0.2, 0.25) is 0 Å². The summed E-state index contributed by atoms with van der Waals surface area (Å²) in [6.45, 7) is 5.74. The lowest BCUT2D eigenvalue weighted by molar-refractivity contribution is 0.898. The van der Waals surface area contributed by atoms with Crippen LogP contribution >= 0.6 is 0 Å². The SMILES string of the molecule is C=C(CCC)N=CN. The molecule has 0 aliphatic rings. The van der Waals surface area contributed by atoms with Crippen molar-refractivity contribution in [3.8, 4) is 0 Å². The molecule has 0 rings (SSSR count). The van der Waals surface area contributed by atoms with Crippen molar-refractivity contribution in [2.45, 2.75) is 19.8 Å². The Morgan fingerprint density at radius 2 is 2.50 bits per heavy atom. The fourth-order valence-corrected chi connectivity index (χ4v) is 0.459. The van der Waals surface area contributed by atoms with Gasteiger partial charge >= 0.3 is 0 Å². The van der Waals surface area contributed by atoms with Crippen LogP contribution in [0, 0.1) is 0 Å². The van der Waals surface area contributed by atoms with Crippen molar-refractivity contribution in [2.24, 2.45) is 10.7 Å². The molecule has 0 unspecified atom stereocenters. The highest BCUT2D eigenvalue weighted by Gasteiger charge is 1.82. The molecule has 8 heavy (non-hydrogen) atoms. The monoisotopic (exact) mass is 112 g/mol. The summed E-state index contributed by atoms with van der Waals surface area (Å²) in [5.74, 6) is 0. The predicted molar refractivity (Wildman–Crippen MR) is 36.7 cm³/mol. The number of nitrogens with zero attached hydrogens (tertiary/aromatic N) is 1. The van der Waals surface area contributed by atoms with E-state index in [9.17, 15) is 0 Å². The second-order valence-electron chi connectivity index (χ2n) is 1.59. The van der Waals surface area contributed by atoms with E-state index in [2.05, 4.69) is 18.5 Å². The van der Waals surface area contributed by atoms with E-state index in [1.807, 2.05) is 0 Å². The molecular formula is C6H12N2. The minimum Gasteiger partial charge on any atom is -0.390 e. The zero-order valence-electron chi connectivity index (χ0n) is 5.22. The Morgan fingerprint density at radius 1 is 1.88 bits per heavy atom. The first-order chi connectivity index (χ1) is 3.81. The van der Waals surface area contributed by atoms with Gasteiger partial charge < -0.3 is 5.73 Å². The van der Waals surface area contributed by atoms with E-state index in [1.165, 1.54) is 6.34 Å². The van der Waals surface area contributed by atoms with Crippen LogP contribution in [0.3, 0.4) is 0 Å². The van der Waals surface area contributed by atoms with Crippen molar-refractivity contribution < 1.29 is 0 Å². The van der Waals surface area contributed by atoms with E-state index in [1.54, 1.807) is 0 Å². The fraction of sp³-hybridized carbons (Fsp3) is 0.500. The Labute approximate surface area is 50.1 Å². The number of hydrogen-bond acceptors (Lipinski definition) is 1. The molecule has 2 N–H and O–H groups in total. The highest BCUT2D eigenvalue weighted by atomic mass is 14.8. The van der Waals surface area contributed by atoms with Gasteiger partial charge in [-0.3, -0.25) is 0 Å². The second-order valence-corrected chi connectivity index (χ2v) is 1.59. The smallest absolute Gasteiger partial charge is 0.0855 e. The summed E-state index contributed by atoms with van der Waals surface area (Å²) >= 11 is 0. The Bertz CT molecular complexity index is 94.7. The molecule has 0 atom stereocenters. The molecule has 2 nitrogen and oxygen atoms in total. The first-order valence-electron chi connectivity index (χ1n) is 2.73. The van der Waals surface area contributed by atoms with Crippen molar-refractivity contribution in [2.75, 3.05) is 0 Å². The predicted octanol–water partition coefficient (Wildman–Crippen LogP) is 1.29. The minimum absolute atomic E-state index is 0.856. The van der Waals surface area contributed by atoms with E-state index >= 15 is 0 Å². The van der Waals surface area contributed by atoms with Crippen molar-refractivity contribution in [3.05, 3.63) is 12.3 Å². The summed E-state index contributed by atoms with van der Waals surface area (Å²) in [7, 11) is 0. The van der Waals surface area contributed by atoms with Crippen LogP contribution in [0.25, 0.3) is 0 Å². The van der Waals surface area contributed by atoms with E-state index < -0.39 is 0 Å². The summed E-state index contributed by atoms with van der Waals surface area (Å²) in [4.78, 5) is 3.77. The van der Waals surface area contributed by atoms with E-state index in [0.29, 0.717) is 0 Å². The zero-order valence-corrected chi connectivity index (χ0v) is 5.22. The lowest BCUT2D eigenvalue weighted by Gasteiger charge is -1.90. The molecule has 0 radical (unpaired) electrons. The van der Waals surface area contributed by atoms with Crippen molar-refractivity contribution >= 4 is 6.34 Å². The molecule has 0 heterocycles. The third-order valence-corrected chi connectivity index (χ3v) is 0.796. The molecule has 0 fully saturated rings. The highest BCUT2D eigenvalue weighted by Crippen LogP contribution is 2.00. The van der Waals surface area contributed by atoms with Gasteiger partial charge in [-0.15, -0.1) is 0 Å². The van der Waals surface area contributed by atoms with Crippen LogP contribution in [0.15, 0.2) is 17.3 Å². The summed E-state index contributed by atoms with van der Waals surface area (Å²) < 4.78 is 0. The summed E-state index contributed by atoms with van der Waals surface area (Å²) in [6.07, 6.45) is 3.29. The molecule has 0 aliphatic carbocycles. The molecule has 0 aliphatic heterocycles. The second kappa shape index (κ2) is 4.37. The molecule has 0 aromatic heterocycles. The summed E-state index contributed by atoms with van der Waals surface area (Å²) in [5.41, 5.74) is 5.86. The van der Waals surface area contributed by atoms with Gasteiger partial charge in [-0.2, -0.15) is 0 Å². The number of rotatable bonds is 3. The van der Waals surface area contributed by atoms with Gasteiger partial charge in [0, 0.05) is 5.70 Å². The summed E-state index contributed by atoms with van der Waals surface area (Å²) in [6, 6.07) is 0. The van der Waals surface area contributed by atoms with E-state index in [4.69, 9.17) is 5.73 Å². The van der Waals surface area contributed by atoms with Gasteiger partial charge in [-0.25, -0.2) is 4.99 Å². The lowest BCUT2D eigenvalue weighted by Crippen LogP contribution is -1.88. The van der Waals surface area contributed by atoms with Crippen LogP contribution in [0.2, 0.25) is 0 Å². The highest BCUT2D eigenvalue weighted by molar-refractivity contribution is 5.53. The topological polar surface area (TPSA) is 38.4 Å². The van der Waals surface area contributed by atoms with Crippen LogP contribution in [-0.2, 0) is 0 Å². The maximum atomic E-state index is 5.01. The van der Waals surface area contributed by atoms with Crippen molar-refractivity contribution in [3.63, 3.8) is 0 Å². The van der Waals surface area contributed by atoms with Gasteiger partial charge in [0.15, 0.2) is 0 Å². The quantitative estimate of drug-likeness (QED) is 0.433. The molecule has 0 spiro atoms. The normalized spacial score (nSPS) is 10.1. The Hall–Kier alpha value is -0.790. The zero-order chi connectivity index (χ0) is 6.41. The molecule has 0 amide bonds. The Morgan fingerprint density at radius 3 is 2.88 bits per heavy atom. The third kappa shape index (κ3) is 3.40. The van der Waals surface area contributed by atoms with Crippen LogP contribution < -0.4 is 5.73 Å². The maximum Gasteiger partial charge on any atom is 0.0855 e. The molecule has 0 saturated heterocycles. The molecular weight excluding hydrogens is 100 g/mol. The molecule has 0 bridgehead atoms. The van der Waals surface area contributed by atoms with Crippen molar-refractivity contribution in [1.29, 1.82) is 0 Å². The Balaban J connectivity index is 3.33.